The third kappa shape index (κ3) is 5.00. The Hall–Kier alpha value is -1.57. The van der Waals surface area contributed by atoms with Gasteiger partial charge in [0.15, 0.2) is 0 Å². The molecule has 0 spiro atoms. The molecule has 1 N–H and O–H groups in total. The van der Waals surface area contributed by atoms with Gasteiger partial charge in [-0.2, -0.15) is 0 Å². The van der Waals surface area contributed by atoms with Crippen LogP contribution < -0.4 is 10.8 Å². The Morgan fingerprint density at radius 1 is 1.03 bits per heavy atom. The summed E-state index contributed by atoms with van der Waals surface area (Å²) in [5.41, 5.74) is 2.78. The van der Waals surface area contributed by atoms with E-state index in [2.05, 4.69) is 56.1 Å². The van der Waals surface area contributed by atoms with Gasteiger partial charge in [-0.1, -0.05) is 18.2 Å². The minimum absolute atomic E-state index is 0.209. The molecule has 2 heterocycles. The summed E-state index contributed by atoms with van der Waals surface area (Å²) in [5, 5.41) is 3.05. The zero-order valence-electron chi connectivity index (χ0n) is 20.8. The van der Waals surface area contributed by atoms with E-state index in [1.54, 1.807) is 0 Å². The number of ether oxygens (including phenoxy) is 1. The van der Waals surface area contributed by atoms with Gasteiger partial charge >= 0.3 is 13.2 Å². The SMILES string of the molecule is CC(C)(C)OC(=O)NC1CCC(N2Cc3ccc(B4OC(C)(C)C(C)(C)O4)cc3C2)CC1. The molecule has 1 saturated carbocycles. The highest BCUT2D eigenvalue weighted by Gasteiger charge is 2.51. The summed E-state index contributed by atoms with van der Waals surface area (Å²) < 4.78 is 17.9. The van der Waals surface area contributed by atoms with Gasteiger partial charge in [0.05, 0.1) is 11.2 Å². The second-order valence-corrected chi connectivity index (χ2v) is 11.7. The Labute approximate surface area is 193 Å². The lowest BCUT2D eigenvalue weighted by molar-refractivity contribution is 0.00578. The molecule has 0 unspecified atom stereocenters. The lowest BCUT2D eigenvalue weighted by Gasteiger charge is -2.35. The van der Waals surface area contributed by atoms with Crippen LogP contribution in [0.2, 0.25) is 0 Å². The summed E-state index contributed by atoms with van der Waals surface area (Å²) >= 11 is 0. The molecule has 4 rings (SSSR count). The number of alkyl carbamates (subject to hydrolysis) is 1. The Bertz CT molecular complexity index is 840. The first kappa shape index (κ1) is 23.6. The van der Waals surface area contributed by atoms with Crippen molar-refractivity contribution >= 4 is 18.7 Å². The Balaban J connectivity index is 1.31. The van der Waals surface area contributed by atoms with Gasteiger partial charge in [0.25, 0.3) is 0 Å². The number of amides is 1. The highest BCUT2D eigenvalue weighted by atomic mass is 16.7. The summed E-state index contributed by atoms with van der Waals surface area (Å²) in [6.45, 7) is 16.0. The predicted octanol–water partition coefficient (Wildman–Crippen LogP) is 4.14. The molecule has 1 aromatic carbocycles. The molecular weight excluding hydrogens is 403 g/mol. The molecule has 6 nitrogen and oxygen atoms in total. The van der Waals surface area contributed by atoms with Gasteiger partial charge < -0.3 is 19.4 Å². The minimum Gasteiger partial charge on any atom is -0.444 e. The van der Waals surface area contributed by atoms with E-state index in [0.717, 1.165) is 44.2 Å². The van der Waals surface area contributed by atoms with E-state index in [1.807, 2.05) is 20.8 Å². The molecule has 0 bridgehead atoms. The van der Waals surface area contributed by atoms with Crippen molar-refractivity contribution in [3.63, 3.8) is 0 Å². The number of hydrogen-bond acceptors (Lipinski definition) is 5. The molecule has 2 aliphatic heterocycles. The van der Waals surface area contributed by atoms with Crippen molar-refractivity contribution in [3.05, 3.63) is 29.3 Å². The van der Waals surface area contributed by atoms with Crippen LogP contribution in [0.25, 0.3) is 0 Å². The van der Waals surface area contributed by atoms with Gasteiger partial charge in [0.2, 0.25) is 0 Å². The van der Waals surface area contributed by atoms with Crippen molar-refractivity contribution in [2.24, 2.45) is 0 Å². The van der Waals surface area contributed by atoms with Gasteiger partial charge in [0.1, 0.15) is 5.60 Å². The fourth-order valence-corrected chi connectivity index (χ4v) is 4.88. The second-order valence-electron chi connectivity index (χ2n) is 11.7. The van der Waals surface area contributed by atoms with E-state index in [1.165, 1.54) is 11.1 Å². The van der Waals surface area contributed by atoms with Crippen LogP contribution in [0.15, 0.2) is 18.2 Å². The smallest absolute Gasteiger partial charge is 0.444 e. The number of rotatable bonds is 3. The van der Waals surface area contributed by atoms with E-state index in [-0.39, 0.29) is 30.5 Å². The van der Waals surface area contributed by atoms with Crippen molar-refractivity contribution in [1.82, 2.24) is 10.2 Å². The lowest BCUT2D eigenvalue weighted by Crippen LogP contribution is -2.44. The van der Waals surface area contributed by atoms with E-state index in [9.17, 15) is 4.79 Å². The normalized spacial score (nSPS) is 27.3. The molecule has 32 heavy (non-hydrogen) atoms. The predicted molar refractivity (Wildman–Crippen MR) is 127 cm³/mol. The number of nitrogens with zero attached hydrogens (tertiary/aromatic N) is 1. The number of carbonyl (C=O) groups is 1. The number of fused-ring (bicyclic) bond motifs is 1. The number of carbonyl (C=O) groups excluding carboxylic acids is 1. The highest BCUT2D eigenvalue weighted by Crippen LogP contribution is 2.37. The minimum atomic E-state index is -0.457. The second kappa shape index (κ2) is 8.34. The van der Waals surface area contributed by atoms with Gasteiger partial charge in [-0.3, -0.25) is 4.90 Å². The molecule has 0 radical (unpaired) electrons. The Morgan fingerprint density at radius 2 is 1.62 bits per heavy atom. The van der Waals surface area contributed by atoms with Crippen molar-refractivity contribution < 1.29 is 18.8 Å². The molecular formula is C25H39BN2O4. The average Bonchev–Trinajstić information content (AvgIpc) is 3.18. The van der Waals surface area contributed by atoms with E-state index in [0.29, 0.717) is 6.04 Å². The first-order chi connectivity index (χ1) is 14.8. The first-order valence-corrected chi connectivity index (χ1v) is 12.0. The maximum absolute atomic E-state index is 12.1. The number of benzene rings is 1. The maximum Gasteiger partial charge on any atom is 0.494 e. The Kier molecular flexibility index (Phi) is 6.14. The average molecular weight is 442 g/mol. The molecule has 0 aromatic heterocycles. The summed E-state index contributed by atoms with van der Waals surface area (Å²) in [5.74, 6) is 0. The van der Waals surface area contributed by atoms with Crippen LogP contribution >= 0.6 is 0 Å². The highest BCUT2D eigenvalue weighted by molar-refractivity contribution is 6.62. The zero-order valence-corrected chi connectivity index (χ0v) is 20.8. The molecule has 7 heteroatoms. The molecule has 1 saturated heterocycles. The van der Waals surface area contributed by atoms with Crippen LogP contribution in [-0.2, 0) is 27.1 Å². The van der Waals surface area contributed by atoms with Crippen LogP contribution in [-0.4, -0.2) is 47.0 Å². The number of nitrogens with one attached hydrogen (secondary N) is 1. The molecule has 2 fully saturated rings. The van der Waals surface area contributed by atoms with E-state index >= 15 is 0 Å². The van der Waals surface area contributed by atoms with Crippen LogP contribution in [0.3, 0.4) is 0 Å². The molecule has 1 amide bonds. The topological polar surface area (TPSA) is 60.0 Å². The van der Waals surface area contributed by atoms with Crippen molar-refractivity contribution in [2.45, 2.75) is 116 Å². The standard InChI is InChI=1S/C25H39BN2O4/c1-23(2,3)30-22(29)27-20-10-12-21(13-11-20)28-15-17-8-9-19(14-18(17)16-28)26-31-24(4,5)25(6,7)32-26/h8-9,14,20-21H,10-13,15-16H2,1-7H3,(H,27,29). The molecule has 176 valence electrons. The third-order valence-electron chi connectivity index (χ3n) is 7.44. The van der Waals surface area contributed by atoms with E-state index in [4.69, 9.17) is 14.0 Å². The van der Waals surface area contributed by atoms with Gasteiger partial charge in [-0.15, -0.1) is 0 Å². The van der Waals surface area contributed by atoms with Crippen LogP contribution in [0.1, 0.15) is 85.3 Å². The summed E-state index contributed by atoms with van der Waals surface area (Å²) in [6.07, 6.45) is 3.88. The van der Waals surface area contributed by atoms with Crippen LogP contribution in [0.5, 0.6) is 0 Å². The fourth-order valence-electron chi connectivity index (χ4n) is 4.88. The van der Waals surface area contributed by atoms with Crippen molar-refractivity contribution in [1.29, 1.82) is 0 Å². The maximum atomic E-state index is 12.1. The molecule has 3 aliphatic rings. The van der Waals surface area contributed by atoms with E-state index < -0.39 is 5.60 Å². The van der Waals surface area contributed by atoms with Crippen LogP contribution in [0.4, 0.5) is 4.79 Å². The molecule has 1 aromatic rings. The summed E-state index contributed by atoms with van der Waals surface area (Å²) in [6, 6.07) is 7.44. The van der Waals surface area contributed by atoms with Crippen LogP contribution in [0, 0.1) is 0 Å². The monoisotopic (exact) mass is 442 g/mol. The molecule has 1 aliphatic carbocycles. The lowest BCUT2D eigenvalue weighted by atomic mass is 9.78. The summed E-state index contributed by atoms with van der Waals surface area (Å²) in [7, 11) is -0.311. The van der Waals surface area contributed by atoms with Gasteiger partial charge in [-0.25, -0.2) is 4.79 Å². The fraction of sp³-hybridized carbons (Fsp3) is 0.720. The quantitative estimate of drug-likeness (QED) is 0.714. The van der Waals surface area contributed by atoms with Crippen molar-refractivity contribution in [3.8, 4) is 0 Å². The van der Waals surface area contributed by atoms with Gasteiger partial charge in [0, 0.05) is 25.2 Å². The third-order valence-corrected chi connectivity index (χ3v) is 7.44. The largest absolute Gasteiger partial charge is 0.494 e. The van der Waals surface area contributed by atoms with Crippen molar-refractivity contribution in [2.75, 3.05) is 0 Å². The van der Waals surface area contributed by atoms with Gasteiger partial charge in [-0.05, 0) is 90.7 Å². The summed E-state index contributed by atoms with van der Waals surface area (Å²) in [4.78, 5) is 14.7. The number of hydrogen-bond donors (Lipinski definition) is 1. The first-order valence-electron chi connectivity index (χ1n) is 12.0. The Morgan fingerprint density at radius 3 is 2.22 bits per heavy atom. The molecule has 0 atom stereocenters. The zero-order chi connectivity index (χ0) is 23.3.